The first kappa shape index (κ1) is 14.6. The van der Waals surface area contributed by atoms with Crippen LogP contribution in [0.15, 0.2) is 18.2 Å². The summed E-state index contributed by atoms with van der Waals surface area (Å²) >= 11 is 11.1. The number of anilines is 1. The Hall–Kier alpha value is -1.46. The zero-order valence-corrected chi connectivity index (χ0v) is 10.9. The van der Waals surface area contributed by atoms with Crippen LogP contribution < -0.4 is 10.6 Å². The van der Waals surface area contributed by atoms with Gasteiger partial charge >= 0.3 is 11.8 Å². The van der Waals surface area contributed by atoms with Gasteiger partial charge in [0.25, 0.3) is 0 Å². The molecule has 0 heterocycles. The second-order valence-corrected chi connectivity index (χ2v) is 4.23. The third-order valence-corrected chi connectivity index (χ3v) is 2.51. The van der Waals surface area contributed by atoms with Crippen molar-refractivity contribution >= 4 is 40.7 Å². The molecule has 0 aromatic heterocycles. The highest BCUT2D eigenvalue weighted by atomic mass is 35.5. The van der Waals surface area contributed by atoms with E-state index in [0.29, 0.717) is 23.9 Å². The summed E-state index contributed by atoms with van der Waals surface area (Å²) in [6, 6.07) is 4.14. The number of carbonyl (C=O) groups excluding carboxylic acids is 2. The Kier molecular flexibility index (Phi) is 5.74. The molecule has 18 heavy (non-hydrogen) atoms. The number of hydrogen-bond donors (Lipinski definition) is 3. The quantitative estimate of drug-likeness (QED) is 0.342. The molecule has 0 fully saturated rings. The van der Waals surface area contributed by atoms with Gasteiger partial charge in [-0.25, -0.2) is 0 Å². The van der Waals surface area contributed by atoms with Crippen LogP contribution in [0.1, 0.15) is 6.42 Å². The van der Waals surface area contributed by atoms with E-state index in [1.807, 2.05) is 0 Å². The van der Waals surface area contributed by atoms with E-state index in [2.05, 4.69) is 10.6 Å². The number of rotatable bonds is 4. The van der Waals surface area contributed by atoms with Crippen LogP contribution in [-0.2, 0) is 9.59 Å². The predicted molar refractivity (Wildman–Crippen MR) is 70.1 cm³/mol. The maximum atomic E-state index is 11.5. The summed E-state index contributed by atoms with van der Waals surface area (Å²) in [7, 11) is 0. The summed E-state index contributed by atoms with van der Waals surface area (Å²) in [5, 5.41) is 14.4. The van der Waals surface area contributed by atoms with Gasteiger partial charge in [0.1, 0.15) is 5.75 Å². The van der Waals surface area contributed by atoms with E-state index in [9.17, 15) is 14.7 Å². The van der Waals surface area contributed by atoms with Crippen molar-refractivity contribution < 1.29 is 14.7 Å². The van der Waals surface area contributed by atoms with Crippen molar-refractivity contribution in [3.63, 3.8) is 0 Å². The van der Waals surface area contributed by atoms with Crippen molar-refractivity contribution in [2.24, 2.45) is 0 Å². The first-order valence-corrected chi connectivity index (χ1v) is 6.09. The molecule has 98 valence electrons. The van der Waals surface area contributed by atoms with Gasteiger partial charge < -0.3 is 15.7 Å². The van der Waals surface area contributed by atoms with Gasteiger partial charge in [0.2, 0.25) is 0 Å². The number of nitrogens with one attached hydrogen (secondary N) is 2. The second-order valence-electron chi connectivity index (χ2n) is 3.41. The Bertz CT molecular complexity index is 452. The highest BCUT2D eigenvalue weighted by Crippen LogP contribution is 2.26. The van der Waals surface area contributed by atoms with Gasteiger partial charge in [-0.15, -0.1) is 11.6 Å². The van der Waals surface area contributed by atoms with Crippen LogP contribution in [0.2, 0.25) is 5.02 Å². The van der Waals surface area contributed by atoms with Crippen LogP contribution in [0.4, 0.5) is 5.69 Å². The molecule has 7 heteroatoms. The molecule has 0 saturated heterocycles. The van der Waals surface area contributed by atoms with Crippen LogP contribution in [0.5, 0.6) is 5.75 Å². The second kappa shape index (κ2) is 7.08. The average molecular weight is 291 g/mol. The molecule has 0 atom stereocenters. The van der Waals surface area contributed by atoms with Crippen LogP contribution in [-0.4, -0.2) is 29.3 Å². The highest BCUT2D eigenvalue weighted by molar-refractivity contribution is 6.40. The van der Waals surface area contributed by atoms with Crippen molar-refractivity contribution in [2.45, 2.75) is 6.42 Å². The molecule has 0 saturated carbocycles. The van der Waals surface area contributed by atoms with E-state index in [1.165, 1.54) is 18.2 Å². The molecule has 0 unspecified atom stereocenters. The van der Waals surface area contributed by atoms with E-state index in [0.717, 1.165) is 0 Å². The van der Waals surface area contributed by atoms with Crippen molar-refractivity contribution in [3.8, 4) is 5.75 Å². The summed E-state index contributed by atoms with van der Waals surface area (Å²) in [6.45, 7) is 0.317. The van der Waals surface area contributed by atoms with Gasteiger partial charge in [0.05, 0.1) is 5.69 Å². The Morgan fingerprint density at radius 1 is 1.28 bits per heavy atom. The lowest BCUT2D eigenvalue weighted by Crippen LogP contribution is -2.36. The Morgan fingerprint density at radius 2 is 2.00 bits per heavy atom. The van der Waals surface area contributed by atoms with Gasteiger partial charge in [-0.1, -0.05) is 11.6 Å². The van der Waals surface area contributed by atoms with E-state index < -0.39 is 11.8 Å². The fourth-order valence-electron chi connectivity index (χ4n) is 1.14. The van der Waals surface area contributed by atoms with Crippen molar-refractivity contribution in [1.29, 1.82) is 0 Å². The first-order chi connectivity index (χ1) is 8.54. The van der Waals surface area contributed by atoms with E-state index in [1.54, 1.807) is 0 Å². The molecule has 3 N–H and O–H groups in total. The minimum absolute atomic E-state index is 0.0833. The van der Waals surface area contributed by atoms with E-state index >= 15 is 0 Å². The summed E-state index contributed by atoms with van der Waals surface area (Å²) in [4.78, 5) is 22.8. The van der Waals surface area contributed by atoms with Gasteiger partial charge in [0.15, 0.2) is 0 Å². The van der Waals surface area contributed by atoms with Gasteiger partial charge in [-0.05, 0) is 24.6 Å². The first-order valence-electron chi connectivity index (χ1n) is 5.18. The van der Waals surface area contributed by atoms with E-state index in [4.69, 9.17) is 23.2 Å². The minimum Gasteiger partial charge on any atom is -0.506 e. The van der Waals surface area contributed by atoms with Crippen LogP contribution >= 0.6 is 23.2 Å². The Labute approximate surface area is 114 Å². The Balaban J connectivity index is 2.58. The summed E-state index contributed by atoms with van der Waals surface area (Å²) < 4.78 is 0. The topological polar surface area (TPSA) is 78.4 Å². The Morgan fingerprint density at radius 3 is 2.67 bits per heavy atom. The van der Waals surface area contributed by atoms with Gasteiger partial charge in [0, 0.05) is 17.4 Å². The van der Waals surface area contributed by atoms with Crippen molar-refractivity contribution in [3.05, 3.63) is 23.2 Å². The number of halogens is 2. The average Bonchev–Trinajstić information content (AvgIpc) is 2.34. The fourth-order valence-corrected chi connectivity index (χ4v) is 1.44. The number of amides is 2. The molecule has 5 nitrogen and oxygen atoms in total. The normalized spacial score (nSPS) is 9.89. The zero-order valence-electron chi connectivity index (χ0n) is 9.37. The molecule has 0 aliphatic rings. The lowest BCUT2D eigenvalue weighted by Gasteiger charge is -2.07. The number of aromatic hydroxyl groups is 1. The van der Waals surface area contributed by atoms with E-state index in [-0.39, 0.29) is 11.4 Å². The highest BCUT2D eigenvalue weighted by Gasteiger charge is 2.14. The summed E-state index contributed by atoms with van der Waals surface area (Å²) in [5.74, 6) is -1.43. The lowest BCUT2D eigenvalue weighted by atomic mass is 10.3. The monoisotopic (exact) mass is 290 g/mol. The molecule has 1 aromatic rings. The smallest absolute Gasteiger partial charge is 0.313 e. The fraction of sp³-hybridized carbons (Fsp3) is 0.273. The summed E-state index contributed by atoms with van der Waals surface area (Å²) in [5.41, 5.74) is 0.0833. The maximum Gasteiger partial charge on any atom is 0.313 e. The third kappa shape index (κ3) is 4.43. The number of carbonyl (C=O) groups is 2. The molecule has 0 aliphatic carbocycles. The molecule has 0 bridgehead atoms. The zero-order chi connectivity index (χ0) is 13.5. The standard InChI is InChI=1S/C11H12Cl2N2O3/c12-4-1-5-14-10(17)11(18)15-8-6-7(13)2-3-9(8)16/h2-3,6,16H,1,4-5H2,(H,14,17)(H,15,18). The maximum absolute atomic E-state index is 11.5. The van der Waals surface area contributed by atoms with Crippen molar-refractivity contribution in [2.75, 3.05) is 17.7 Å². The van der Waals surface area contributed by atoms with Crippen LogP contribution in [0.3, 0.4) is 0 Å². The number of phenols is 1. The third-order valence-electron chi connectivity index (χ3n) is 2.01. The van der Waals surface area contributed by atoms with Gasteiger partial charge in [-0.3, -0.25) is 9.59 Å². The lowest BCUT2D eigenvalue weighted by molar-refractivity contribution is -0.136. The van der Waals surface area contributed by atoms with Gasteiger partial charge in [-0.2, -0.15) is 0 Å². The molecule has 2 amide bonds. The minimum atomic E-state index is -0.873. The molecule has 1 aromatic carbocycles. The number of phenolic OH excluding ortho intramolecular Hbond substituents is 1. The molecule has 1 rings (SSSR count). The molecule has 0 spiro atoms. The van der Waals surface area contributed by atoms with Crippen LogP contribution in [0.25, 0.3) is 0 Å². The summed E-state index contributed by atoms with van der Waals surface area (Å²) in [6.07, 6.45) is 0.572. The van der Waals surface area contributed by atoms with Crippen molar-refractivity contribution in [1.82, 2.24) is 5.32 Å². The number of benzene rings is 1. The molecular weight excluding hydrogens is 279 g/mol. The number of hydrogen-bond acceptors (Lipinski definition) is 3. The number of alkyl halides is 1. The molecule has 0 aliphatic heterocycles. The molecule has 0 radical (unpaired) electrons. The SMILES string of the molecule is O=C(NCCCCl)C(=O)Nc1cc(Cl)ccc1O. The molecular formula is C11H12Cl2N2O3. The largest absolute Gasteiger partial charge is 0.506 e. The predicted octanol–water partition coefficient (Wildman–Crippen LogP) is 1.73. The van der Waals surface area contributed by atoms with Crippen LogP contribution in [0, 0.1) is 0 Å².